The molecule has 0 bridgehead atoms. The molecular formula is C5H12F5N2P. The average molecular weight is 226 g/mol. The molecule has 0 aromatic heterocycles. The molecule has 0 atom stereocenters. The third kappa shape index (κ3) is 3.42. The van der Waals surface area contributed by atoms with E-state index in [1.807, 2.05) is 0 Å². The molecule has 0 radical (unpaired) electrons. The van der Waals surface area contributed by atoms with Crippen molar-refractivity contribution in [2.24, 2.45) is 0 Å². The number of halogens is 5. The monoisotopic (exact) mass is 226 g/mol. The van der Waals surface area contributed by atoms with E-state index >= 15 is 0 Å². The molecule has 0 N–H and O–H groups in total. The van der Waals surface area contributed by atoms with Gasteiger partial charge in [-0.05, 0) is 0 Å². The molecule has 0 unspecified atom stereocenters. The summed E-state index contributed by atoms with van der Waals surface area (Å²) in [6.45, 7) is 0. The van der Waals surface area contributed by atoms with Crippen molar-refractivity contribution in [3.63, 3.8) is 0 Å². The molecule has 0 aliphatic rings. The van der Waals surface area contributed by atoms with Gasteiger partial charge in [-0.3, -0.25) is 0 Å². The van der Waals surface area contributed by atoms with Crippen LogP contribution in [0.3, 0.4) is 0 Å². The molecule has 0 saturated heterocycles. The maximum absolute atomic E-state index is 12.3. The van der Waals surface area contributed by atoms with Gasteiger partial charge in [0.15, 0.2) is 0 Å². The quantitative estimate of drug-likeness (QED) is 0.219. The van der Waals surface area contributed by atoms with Gasteiger partial charge in [0, 0.05) is 0 Å². The number of hydrogen-bond acceptors (Lipinski definition) is 0. The van der Waals surface area contributed by atoms with Crippen molar-refractivity contribution in [3.05, 3.63) is 0 Å². The van der Waals surface area contributed by atoms with Crippen LogP contribution < -0.4 is 0 Å². The van der Waals surface area contributed by atoms with Gasteiger partial charge in [0.05, 0.1) is 0 Å². The van der Waals surface area contributed by atoms with Gasteiger partial charge >= 0.3 is 71.7 Å². The average Bonchev–Trinajstić information content (AvgIpc) is 1.48. The SMILES string of the molecule is CN(C)C(=[N+](C)C)[P-](F)(F)(F)(F)F. The molecule has 0 aromatic rings. The van der Waals surface area contributed by atoms with Gasteiger partial charge in [0.1, 0.15) is 0 Å². The van der Waals surface area contributed by atoms with Crippen LogP contribution in [0, 0.1) is 0 Å². The van der Waals surface area contributed by atoms with Crippen LogP contribution >= 0.6 is 7.50 Å². The Kier molecular flexibility index (Phi) is 2.24. The zero-order valence-electron chi connectivity index (χ0n) is 7.73. The molecule has 2 nitrogen and oxygen atoms in total. The van der Waals surface area contributed by atoms with Crippen molar-refractivity contribution in [2.45, 2.75) is 0 Å². The second-order valence-electron chi connectivity index (χ2n) is 3.15. The Hall–Kier alpha value is -0.450. The molecule has 0 aliphatic carbocycles. The van der Waals surface area contributed by atoms with Gasteiger partial charge in [-0.1, -0.05) is 0 Å². The van der Waals surface area contributed by atoms with E-state index in [9.17, 15) is 21.0 Å². The van der Waals surface area contributed by atoms with E-state index in [-0.39, 0.29) is 0 Å². The topological polar surface area (TPSA) is 6.25 Å². The van der Waals surface area contributed by atoms with Gasteiger partial charge in [0.25, 0.3) is 0 Å². The standard InChI is InChI=1S/C5H12F5N2P/c1-11(2)5(12(3)4)13(6,7,8,9)10/h1-4H3. The Labute approximate surface area is 72.8 Å². The molecule has 82 valence electrons. The van der Waals surface area contributed by atoms with E-state index in [0.717, 1.165) is 28.2 Å². The molecule has 0 fully saturated rings. The van der Waals surface area contributed by atoms with E-state index in [4.69, 9.17) is 0 Å². The molecule has 0 rings (SSSR count). The van der Waals surface area contributed by atoms with Crippen LogP contribution in [0.5, 0.6) is 0 Å². The molecular weight excluding hydrogens is 214 g/mol. The van der Waals surface area contributed by atoms with E-state index in [2.05, 4.69) is 0 Å². The van der Waals surface area contributed by atoms with E-state index in [0.29, 0.717) is 9.48 Å². The van der Waals surface area contributed by atoms with Gasteiger partial charge in [-0.25, -0.2) is 0 Å². The van der Waals surface area contributed by atoms with Crippen LogP contribution in [-0.2, 0) is 0 Å². The van der Waals surface area contributed by atoms with Crippen molar-refractivity contribution in [1.29, 1.82) is 0 Å². The minimum atomic E-state index is -9.76. The third-order valence-electron chi connectivity index (χ3n) is 1.18. The number of rotatable bonds is 1. The van der Waals surface area contributed by atoms with Crippen LogP contribution in [0.15, 0.2) is 0 Å². The van der Waals surface area contributed by atoms with Gasteiger partial charge in [-0.15, -0.1) is 0 Å². The summed E-state index contributed by atoms with van der Waals surface area (Å²) in [6, 6.07) is 0. The first-order valence-corrected chi connectivity index (χ1v) is 5.44. The van der Waals surface area contributed by atoms with Crippen molar-refractivity contribution in [2.75, 3.05) is 28.2 Å². The minimum absolute atomic E-state index is 0.371. The first-order valence-electron chi connectivity index (χ1n) is 3.30. The van der Waals surface area contributed by atoms with Crippen LogP contribution in [0.25, 0.3) is 0 Å². The molecule has 0 saturated carbocycles. The Morgan fingerprint density at radius 1 is 1.00 bits per heavy atom. The third-order valence-corrected chi connectivity index (χ3v) is 2.73. The van der Waals surface area contributed by atoms with Crippen LogP contribution in [-0.4, -0.2) is 43.2 Å². The van der Waals surface area contributed by atoms with Crippen LogP contribution in [0.1, 0.15) is 0 Å². The zero-order valence-corrected chi connectivity index (χ0v) is 8.63. The second kappa shape index (κ2) is 2.32. The van der Waals surface area contributed by atoms with Crippen LogP contribution in [0.4, 0.5) is 21.0 Å². The maximum atomic E-state index is 12.3. The van der Waals surface area contributed by atoms with E-state index < -0.39 is 13.1 Å². The van der Waals surface area contributed by atoms with E-state index in [1.54, 1.807) is 0 Å². The Morgan fingerprint density at radius 3 is 1.31 bits per heavy atom. The second-order valence-corrected chi connectivity index (χ2v) is 5.67. The number of amidine groups is 1. The first kappa shape index (κ1) is 12.6. The summed E-state index contributed by atoms with van der Waals surface area (Å²) in [5.41, 5.74) is -1.88. The normalized spacial score (nSPS) is 17.3. The fourth-order valence-corrected chi connectivity index (χ4v) is 2.67. The van der Waals surface area contributed by atoms with Crippen molar-refractivity contribution >= 4 is 13.1 Å². The molecule has 0 amide bonds. The van der Waals surface area contributed by atoms with Gasteiger partial charge < -0.3 is 0 Å². The molecule has 0 heterocycles. The molecule has 0 spiro atoms. The van der Waals surface area contributed by atoms with Crippen molar-refractivity contribution < 1.29 is 25.6 Å². The summed E-state index contributed by atoms with van der Waals surface area (Å²) in [7, 11) is -6.05. The molecule has 0 aromatic carbocycles. The van der Waals surface area contributed by atoms with Crippen LogP contribution in [0.2, 0.25) is 0 Å². The summed E-state index contributed by atoms with van der Waals surface area (Å²) >= 11 is 0. The molecule has 13 heavy (non-hydrogen) atoms. The number of nitrogens with zero attached hydrogens (tertiary/aromatic N) is 2. The summed E-state index contributed by atoms with van der Waals surface area (Å²) in [6.07, 6.45) is 0. The fourth-order valence-electron chi connectivity index (χ4n) is 1.16. The predicted octanol–water partition coefficient (Wildman–Crippen LogP) is 2.69. The Morgan fingerprint density at radius 2 is 1.31 bits per heavy atom. The Balaban J connectivity index is 5.68. The molecule has 8 heteroatoms. The summed E-state index contributed by atoms with van der Waals surface area (Å²) in [5, 5.41) is 0. The predicted molar refractivity (Wildman–Crippen MR) is 43.3 cm³/mol. The number of hydrogen-bond donors (Lipinski definition) is 0. The zero-order chi connectivity index (χ0) is 11.1. The van der Waals surface area contributed by atoms with Gasteiger partial charge in [0.2, 0.25) is 0 Å². The van der Waals surface area contributed by atoms with Gasteiger partial charge in [-0.2, -0.15) is 0 Å². The fraction of sp³-hybridized carbons (Fsp3) is 0.800. The van der Waals surface area contributed by atoms with E-state index in [1.165, 1.54) is 0 Å². The van der Waals surface area contributed by atoms with Crippen molar-refractivity contribution in [3.8, 4) is 0 Å². The Bertz CT molecular complexity index is 246. The summed E-state index contributed by atoms with van der Waals surface area (Å²) in [4.78, 5) is 0.371. The summed E-state index contributed by atoms with van der Waals surface area (Å²) < 4.78 is 61.8. The first-order chi connectivity index (χ1) is 5.25. The molecule has 0 aliphatic heterocycles. The summed E-state index contributed by atoms with van der Waals surface area (Å²) in [5.74, 6) is 0. The van der Waals surface area contributed by atoms with Crippen molar-refractivity contribution in [1.82, 2.24) is 4.90 Å².